The van der Waals surface area contributed by atoms with Crippen molar-refractivity contribution in [2.45, 2.75) is 112 Å². The summed E-state index contributed by atoms with van der Waals surface area (Å²) in [6.07, 6.45) is 18.5. The van der Waals surface area contributed by atoms with Crippen molar-refractivity contribution in [3.8, 4) is 0 Å². The van der Waals surface area contributed by atoms with Crippen LogP contribution in [0.4, 0.5) is 0 Å². The van der Waals surface area contributed by atoms with Crippen molar-refractivity contribution in [3.05, 3.63) is 12.2 Å². The standard InChI is InChI=1S/C29H50O/c1-7-21(19(2)3)9-8-20(4)25-12-13-26-24-11-10-22-18-23(30)14-16-28(22,5)27(24)15-17-29(25,26)6/h8-9,19-27,30H,7,10-18H2,1-6H3/b9-8+/t20-,21?,22+,23+,24+,25-,26+,27+,28+,29-/m1/s1. The second-order valence-electron chi connectivity index (χ2n) is 12.9. The number of fused-ring (bicyclic) bond motifs is 5. The van der Waals surface area contributed by atoms with Crippen LogP contribution >= 0.6 is 0 Å². The van der Waals surface area contributed by atoms with Crippen LogP contribution in [-0.2, 0) is 0 Å². The van der Waals surface area contributed by atoms with Gasteiger partial charge in [0.25, 0.3) is 0 Å². The highest BCUT2D eigenvalue weighted by Crippen LogP contribution is 2.68. The van der Waals surface area contributed by atoms with E-state index in [4.69, 9.17) is 0 Å². The Labute approximate surface area is 187 Å². The Kier molecular flexibility index (Phi) is 6.53. The van der Waals surface area contributed by atoms with Crippen LogP contribution in [0.3, 0.4) is 0 Å². The fourth-order valence-electron chi connectivity index (χ4n) is 9.42. The Morgan fingerprint density at radius 2 is 1.57 bits per heavy atom. The quantitative estimate of drug-likeness (QED) is 0.454. The molecule has 1 nitrogen and oxygen atoms in total. The van der Waals surface area contributed by atoms with E-state index in [-0.39, 0.29) is 6.10 Å². The number of aliphatic hydroxyl groups excluding tert-OH is 1. The van der Waals surface area contributed by atoms with E-state index in [0.29, 0.717) is 10.8 Å². The van der Waals surface area contributed by atoms with E-state index in [9.17, 15) is 5.11 Å². The average Bonchev–Trinajstić information content (AvgIpc) is 3.06. The molecule has 4 aliphatic rings. The molecule has 0 aromatic carbocycles. The van der Waals surface area contributed by atoms with Gasteiger partial charge >= 0.3 is 0 Å². The summed E-state index contributed by atoms with van der Waals surface area (Å²) < 4.78 is 0. The van der Waals surface area contributed by atoms with Crippen molar-refractivity contribution in [2.24, 2.45) is 58.2 Å². The van der Waals surface area contributed by atoms with Gasteiger partial charge in [-0.1, -0.05) is 53.7 Å². The smallest absolute Gasteiger partial charge is 0.0543 e. The lowest BCUT2D eigenvalue weighted by Gasteiger charge is -2.61. The Hall–Kier alpha value is -0.300. The average molecular weight is 415 g/mol. The Morgan fingerprint density at radius 3 is 2.27 bits per heavy atom. The maximum Gasteiger partial charge on any atom is 0.0543 e. The molecule has 4 aliphatic carbocycles. The normalized spacial score (nSPS) is 48.3. The van der Waals surface area contributed by atoms with Crippen LogP contribution in [0.1, 0.15) is 106 Å². The second kappa shape index (κ2) is 8.57. The molecule has 4 fully saturated rings. The number of aliphatic hydroxyl groups is 1. The van der Waals surface area contributed by atoms with Crippen LogP contribution < -0.4 is 0 Å². The molecule has 0 aromatic heterocycles. The topological polar surface area (TPSA) is 20.2 Å². The molecule has 30 heavy (non-hydrogen) atoms. The predicted octanol–water partition coefficient (Wildman–Crippen LogP) is 7.88. The molecule has 0 aromatic rings. The lowest BCUT2D eigenvalue weighted by Crippen LogP contribution is -2.54. The van der Waals surface area contributed by atoms with Gasteiger partial charge in [-0.15, -0.1) is 0 Å². The van der Waals surface area contributed by atoms with Crippen LogP contribution in [0.15, 0.2) is 12.2 Å². The molecular weight excluding hydrogens is 364 g/mol. The van der Waals surface area contributed by atoms with E-state index in [1.165, 1.54) is 51.4 Å². The van der Waals surface area contributed by atoms with Gasteiger partial charge < -0.3 is 5.11 Å². The molecule has 10 atom stereocenters. The second-order valence-corrected chi connectivity index (χ2v) is 12.9. The molecule has 0 aliphatic heterocycles. The van der Waals surface area contributed by atoms with Crippen molar-refractivity contribution in [3.63, 3.8) is 0 Å². The Bertz CT molecular complexity index is 622. The summed E-state index contributed by atoms with van der Waals surface area (Å²) in [7, 11) is 0. The molecule has 0 radical (unpaired) electrons. The fourth-order valence-corrected chi connectivity index (χ4v) is 9.42. The summed E-state index contributed by atoms with van der Waals surface area (Å²) in [5.41, 5.74) is 1.07. The monoisotopic (exact) mass is 414 g/mol. The number of hydrogen-bond acceptors (Lipinski definition) is 1. The Morgan fingerprint density at radius 1 is 0.867 bits per heavy atom. The first kappa shape index (κ1) is 22.9. The highest BCUT2D eigenvalue weighted by molar-refractivity contribution is 5.11. The van der Waals surface area contributed by atoms with Gasteiger partial charge in [-0.3, -0.25) is 0 Å². The molecule has 1 heteroatoms. The lowest BCUT2D eigenvalue weighted by molar-refractivity contribution is -0.128. The van der Waals surface area contributed by atoms with Crippen LogP contribution in [0.2, 0.25) is 0 Å². The molecule has 4 rings (SSSR count). The fraction of sp³-hybridized carbons (Fsp3) is 0.931. The van der Waals surface area contributed by atoms with Crippen LogP contribution in [0, 0.1) is 58.2 Å². The van der Waals surface area contributed by atoms with Gasteiger partial charge in [-0.05, 0) is 122 Å². The maximum absolute atomic E-state index is 10.3. The molecule has 0 amide bonds. The van der Waals surface area contributed by atoms with Crippen LogP contribution in [0.5, 0.6) is 0 Å². The minimum atomic E-state index is -0.0187. The third-order valence-electron chi connectivity index (χ3n) is 11.3. The van der Waals surface area contributed by atoms with Gasteiger partial charge in [-0.2, -0.15) is 0 Å². The van der Waals surface area contributed by atoms with Crippen molar-refractivity contribution >= 4 is 0 Å². The summed E-state index contributed by atoms with van der Waals surface area (Å²) in [5, 5.41) is 10.3. The van der Waals surface area contributed by atoms with Crippen molar-refractivity contribution in [1.29, 1.82) is 0 Å². The predicted molar refractivity (Wildman–Crippen MR) is 128 cm³/mol. The molecular formula is C29H50O. The van der Waals surface area contributed by atoms with Gasteiger partial charge in [0.2, 0.25) is 0 Å². The van der Waals surface area contributed by atoms with Gasteiger partial charge in [0.05, 0.1) is 6.10 Å². The zero-order chi connectivity index (χ0) is 21.7. The van der Waals surface area contributed by atoms with E-state index in [1.807, 2.05) is 0 Å². The largest absolute Gasteiger partial charge is 0.393 e. The zero-order valence-electron chi connectivity index (χ0n) is 20.9. The summed E-state index contributed by atoms with van der Waals surface area (Å²) >= 11 is 0. The van der Waals surface area contributed by atoms with E-state index < -0.39 is 0 Å². The van der Waals surface area contributed by atoms with E-state index in [2.05, 4.69) is 53.7 Å². The number of hydrogen-bond donors (Lipinski definition) is 1. The minimum Gasteiger partial charge on any atom is -0.393 e. The van der Waals surface area contributed by atoms with Crippen LogP contribution in [-0.4, -0.2) is 11.2 Å². The third-order valence-corrected chi connectivity index (χ3v) is 11.3. The molecule has 172 valence electrons. The maximum atomic E-state index is 10.3. The Balaban J connectivity index is 1.49. The first-order chi connectivity index (χ1) is 14.2. The first-order valence-electron chi connectivity index (χ1n) is 13.6. The minimum absolute atomic E-state index is 0.0187. The first-order valence-corrected chi connectivity index (χ1v) is 13.6. The van der Waals surface area contributed by atoms with Crippen molar-refractivity contribution < 1.29 is 5.11 Å². The summed E-state index contributed by atoms with van der Waals surface area (Å²) in [4.78, 5) is 0. The molecule has 0 spiro atoms. The molecule has 0 bridgehead atoms. The van der Waals surface area contributed by atoms with Crippen LogP contribution in [0.25, 0.3) is 0 Å². The van der Waals surface area contributed by atoms with Crippen molar-refractivity contribution in [2.75, 3.05) is 0 Å². The van der Waals surface area contributed by atoms with Crippen molar-refractivity contribution in [1.82, 2.24) is 0 Å². The molecule has 0 heterocycles. The highest BCUT2D eigenvalue weighted by atomic mass is 16.3. The van der Waals surface area contributed by atoms with Gasteiger partial charge in [0.1, 0.15) is 0 Å². The summed E-state index contributed by atoms with van der Waals surface area (Å²) in [6.45, 7) is 14.9. The highest BCUT2D eigenvalue weighted by Gasteiger charge is 2.60. The number of rotatable bonds is 5. The lowest BCUT2D eigenvalue weighted by atomic mass is 9.44. The molecule has 0 saturated heterocycles. The summed E-state index contributed by atoms with van der Waals surface area (Å²) in [6, 6.07) is 0. The van der Waals surface area contributed by atoms with Gasteiger partial charge in [-0.25, -0.2) is 0 Å². The van der Waals surface area contributed by atoms with E-state index in [0.717, 1.165) is 60.2 Å². The molecule has 1 unspecified atom stereocenters. The van der Waals surface area contributed by atoms with Gasteiger partial charge in [0.15, 0.2) is 0 Å². The van der Waals surface area contributed by atoms with Gasteiger partial charge in [0, 0.05) is 0 Å². The molecule has 1 N–H and O–H groups in total. The molecule has 4 saturated carbocycles. The summed E-state index contributed by atoms with van der Waals surface area (Å²) in [5.74, 6) is 6.72. The SMILES string of the molecule is CCC(/C=C/[C@@H](C)[C@H]1CC[C@H]2[C@@H]3CC[C@H]4C[C@@H](O)CC[C@]4(C)[C@H]3CC[C@]12C)C(C)C. The third kappa shape index (κ3) is 3.74. The zero-order valence-corrected chi connectivity index (χ0v) is 20.9. The van der Waals surface area contributed by atoms with E-state index >= 15 is 0 Å². The van der Waals surface area contributed by atoms with E-state index in [1.54, 1.807) is 0 Å². The number of allylic oxidation sites excluding steroid dienone is 2.